The van der Waals surface area contributed by atoms with Crippen LogP contribution in [0.15, 0.2) is 24.3 Å². The Hall–Kier alpha value is -3.56. The fraction of sp³-hybridized carbons (Fsp3) is 0.294. The molecule has 1 aromatic carbocycles. The maximum atomic E-state index is 12.4. The van der Waals surface area contributed by atoms with Crippen molar-refractivity contribution in [3.63, 3.8) is 0 Å². The summed E-state index contributed by atoms with van der Waals surface area (Å²) in [4.78, 5) is 50.4. The molecule has 10 nitrogen and oxygen atoms in total. The smallest absolute Gasteiger partial charge is 0.334 e. The van der Waals surface area contributed by atoms with Gasteiger partial charge in [-0.2, -0.15) is 15.0 Å². The van der Waals surface area contributed by atoms with Crippen LogP contribution >= 0.6 is 0 Å². The van der Waals surface area contributed by atoms with Crippen LogP contribution < -0.4 is 11.1 Å². The molecular formula is C17H19N7O3. The predicted molar refractivity (Wildman–Crippen MR) is 96.6 cm³/mol. The van der Waals surface area contributed by atoms with Crippen LogP contribution in [0.4, 0.5) is 22.4 Å². The summed E-state index contributed by atoms with van der Waals surface area (Å²) in [6.07, 6.45) is 0. The van der Waals surface area contributed by atoms with Gasteiger partial charge in [-0.1, -0.05) is 18.2 Å². The number of nitrogens with two attached hydrogens (primary N) is 1. The van der Waals surface area contributed by atoms with Crippen LogP contribution in [0, 0.1) is 6.92 Å². The molecule has 27 heavy (non-hydrogen) atoms. The number of nitrogens with zero attached hydrogens (tertiary/aromatic N) is 5. The second-order valence-corrected chi connectivity index (χ2v) is 6.32. The number of hydrogen-bond donors (Lipinski definition) is 2. The number of benzene rings is 1. The molecule has 2 heterocycles. The van der Waals surface area contributed by atoms with Gasteiger partial charge in [0, 0.05) is 11.7 Å². The first-order chi connectivity index (χ1) is 12.8. The van der Waals surface area contributed by atoms with Crippen LogP contribution in [-0.2, 0) is 16.1 Å². The molecule has 1 fully saturated rings. The van der Waals surface area contributed by atoms with Crippen LogP contribution in [-0.4, -0.2) is 48.6 Å². The van der Waals surface area contributed by atoms with Crippen LogP contribution in [0.2, 0.25) is 0 Å². The molecular weight excluding hydrogens is 350 g/mol. The van der Waals surface area contributed by atoms with Crippen LogP contribution in [0.5, 0.6) is 0 Å². The SMILES string of the molecule is Cc1ccccc1Nc1nc(N)nc(CN2C(=O)C(=O)N(C(C)C)C2=O)n1. The summed E-state index contributed by atoms with van der Waals surface area (Å²) in [7, 11) is 0. The van der Waals surface area contributed by atoms with E-state index in [4.69, 9.17) is 5.73 Å². The number of aromatic nitrogens is 3. The molecule has 0 spiro atoms. The molecule has 140 valence electrons. The number of rotatable bonds is 5. The number of para-hydroxylation sites is 1. The lowest BCUT2D eigenvalue weighted by Gasteiger charge is -2.18. The van der Waals surface area contributed by atoms with E-state index in [1.807, 2.05) is 31.2 Å². The molecule has 0 radical (unpaired) electrons. The van der Waals surface area contributed by atoms with Gasteiger partial charge in [-0.05, 0) is 32.4 Å². The zero-order valence-electron chi connectivity index (χ0n) is 15.1. The Balaban J connectivity index is 1.85. The van der Waals surface area contributed by atoms with Crippen LogP contribution in [0.3, 0.4) is 0 Å². The zero-order chi connectivity index (χ0) is 19.7. The summed E-state index contributed by atoms with van der Waals surface area (Å²) < 4.78 is 0. The number of carbonyl (C=O) groups is 3. The third-order valence-electron chi connectivity index (χ3n) is 3.99. The second-order valence-electron chi connectivity index (χ2n) is 6.32. The van der Waals surface area contributed by atoms with Crippen molar-refractivity contribution < 1.29 is 14.4 Å². The quantitative estimate of drug-likeness (QED) is 0.593. The lowest BCUT2D eigenvalue weighted by molar-refractivity contribution is -0.144. The van der Waals surface area contributed by atoms with E-state index in [1.165, 1.54) is 0 Å². The van der Waals surface area contributed by atoms with Crippen molar-refractivity contribution in [2.24, 2.45) is 0 Å². The second kappa shape index (κ2) is 6.98. The lowest BCUT2D eigenvalue weighted by atomic mass is 10.2. The van der Waals surface area contributed by atoms with Crippen molar-refractivity contribution in [2.45, 2.75) is 33.4 Å². The molecule has 3 N–H and O–H groups in total. The van der Waals surface area contributed by atoms with Crippen molar-refractivity contribution in [1.82, 2.24) is 24.8 Å². The number of carbonyl (C=O) groups excluding carboxylic acids is 3. The minimum absolute atomic E-state index is 0.0674. The first-order valence-electron chi connectivity index (χ1n) is 8.30. The minimum Gasteiger partial charge on any atom is -0.368 e. The van der Waals surface area contributed by atoms with E-state index in [0.29, 0.717) is 0 Å². The highest BCUT2D eigenvalue weighted by atomic mass is 16.2. The number of anilines is 3. The summed E-state index contributed by atoms with van der Waals surface area (Å²) in [5, 5.41) is 3.03. The van der Waals surface area contributed by atoms with E-state index in [0.717, 1.165) is 21.1 Å². The highest BCUT2D eigenvalue weighted by Crippen LogP contribution is 2.20. The minimum atomic E-state index is -0.916. The van der Waals surface area contributed by atoms with Crippen molar-refractivity contribution in [3.8, 4) is 0 Å². The summed E-state index contributed by atoms with van der Waals surface area (Å²) >= 11 is 0. The Kier molecular flexibility index (Phi) is 4.72. The molecule has 1 aromatic heterocycles. The molecule has 1 aliphatic rings. The Bertz CT molecular complexity index is 928. The number of nitrogens with one attached hydrogen (secondary N) is 1. The highest BCUT2D eigenvalue weighted by molar-refractivity contribution is 6.44. The maximum Gasteiger partial charge on any atom is 0.334 e. The van der Waals surface area contributed by atoms with Gasteiger partial charge in [0.2, 0.25) is 11.9 Å². The van der Waals surface area contributed by atoms with E-state index >= 15 is 0 Å². The average molecular weight is 369 g/mol. The van der Waals surface area contributed by atoms with Gasteiger partial charge in [0.1, 0.15) is 0 Å². The molecule has 3 rings (SSSR count). The normalized spacial score (nSPS) is 14.4. The van der Waals surface area contributed by atoms with Gasteiger partial charge in [-0.3, -0.25) is 14.5 Å². The zero-order valence-corrected chi connectivity index (χ0v) is 15.1. The summed E-state index contributed by atoms with van der Waals surface area (Å²) in [6.45, 7) is 4.94. The predicted octanol–water partition coefficient (Wildman–Crippen LogP) is 1.21. The van der Waals surface area contributed by atoms with Gasteiger partial charge in [0.05, 0.1) is 6.54 Å². The topological polar surface area (TPSA) is 134 Å². The van der Waals surface area contributed by atoms with Gasteiger partial charge in [-0.15, -0.1) is 0 Å². The maximum absolute atomic E-state index is 12.4. The van der Waals surface area contributed by atoms with E-state index in [2.05, 4.69) is 20.3 Å². The van der Waals surface area contributed by atoms with Crippen LogP contribution in [0.1, 0.15) is 25.2 Å². The monoisotopic (exact) mass is 369 g/mol. The van der Waals surface area contributed by atoms with Gasteiger partial charge in [0.15, 0.2) is 5.82 Å². The molecule has 0 unspecified atom stereocenters. The molecule has 2 aromatic rings. The Morgan fingerprint density at radius 3 is 2.41 bits per heavy atom. The lowest BCUT2D eigenvalue weighted by Crippen LogP contribution is -2.38. The van der Waals surface area contributed by atoms with E-state index in [1.54, 1.807) is 13.8 Å². The Morgan fingerprint density at radius 1 is 1.07 bits per heavy atom. The standard InChI is InChI=1S/C17H19N7O3/c1-9(2)24-14(26)13(25)23(17(24)27)8-12-20-15(18)22-16(21-12)19-11-7-5-4-6-10(11)3/h4-7,9H,8H2,1-3H3,(H3,18,19,20,21,22). The van der Waals surface area contributed by atoms with Gasteiger partial charge < -0.3 is 11.1 Å². The highest BCUT2D eigenvalue weighted by Gasteiger charge is 2.45. The molecule has 0 atom stereocenters. The number of nitrogen functional groups attached to an aromatic ring is 1. The largest absolute Gasteiger partial charge is 0.368 e. The first-order valence-corrected chi connectivity index (χ1v) is 8.30. The van der Waals surface area contributed by atoms with E-state index < -0.39 is 23.9 Å². The number of aryl methyl sites for hydroxylation is 1. The van der Waals surface area contributed by atoms with Crippen molar-refractivity contribution in [2.75, 3.05) is 11.1 Å². The molecule has 4 amide bonds. The first kappa shape index (κ1) is 18.2. The fourth-order valence-electron chi connectivity index (χ4n) is 2.66. The number of imide groups is 2. The molecule has 1 saturated heterocycles. The van der Waals surface area contributed by atoms with Crippen LogP contribution in [0.25, 0.3) is 0 Å². The van der Waals surface area contributed by atoms with Crippen molar-refractivity contribution in [1.29, 1.82) is 0 Å². The number of hydrogen-bond acceptors (Lipinski definition) is 8. The van der Waals surface area contributed by atoms with Gasteiger partial charge in [0.25, 0.3) is 0 Å². The third-order valence-corrected chi connectivity index (χ3v) is 3.99. The van der Waals surface area contributed by atoms with Gasteiger partial charge >= 0.3 is 17.8 Å². The average Bonchev–Trinajstić information content (AvgIpc) is 2.80. The summed E-state index contributed by atoms with van der Waals surface area (Å²) in [5.41, 5.74) is 7.48. The van der Waals surface area contributed by atoms with Gasteiger partial charge in [-0.25, -0.2) is 9.69 Å². The Morgan fingerprint density at radius 2 is 1.78 bits per heavy atom. The molecule has 0 bridgehead atoms. The van der Waals surface area contributed by atoms with Crippen molar-refractivity contribution >= 4 is 35.4 Å². The molecule has 0 saturated carbocycles. The Labute approximate surface area is 155 Å². The fourth-order valence-corrected chi connectivity index (χ4v) is 2.66. The van der Waals surface area contributed by atoms with Crippen molar-refractivity contribution in [3.05, 3.63) is 35.7 Å². The third kappa shape index (κ3) is 3.54. The molecule has 1 aliphatic heterocycles. The molecule has 0 aliphatic carbocycles. The number of amides is 4. The van der Waals surface area contributed by atoms with E-state index in [9.17, 15) is 14.4 Å². The summed E-state index contributed by atoms with van der Waals surface area (Å²) in [5.74, 6) is -1.57. The molecule has 10 heteroatoms. The summed E-state index contributed by atoms with van der Waals surface area (Å²) in [6, 6.07) is 6.39. The number of urea groups is 1. The van der Waals surface area contributed by atoms with E-state index in [-0.39, 0.29) is 24.3 Å².